The highest BCUT2D eigenvalue weighted by Gasteiger charge is 2.27. The number of esters is 1. The van der Waals surface area contributed by atoms with Crippen LogP contribution >= 0.6 is 11.8 Å². The molecule has 0 aliphatic carbocycles. The van der Waals surface area contributed by atoms with Crippen LogP contribution in [0.3, 0.4) is 0 Å². The van der Waals surface area contributed by atoms with Crippen molar-refractivity contribution >= 4 is 35.4 Å². The van der Waals surface area contributed by atoms with Gasteiger partial charge in [-0.15, -0.1) is 10.2 Å². The first-order valence-electron chi connectivity index (χ1n) is 10.3. The van der Waals surface area contributed by atoms with Gasteiger partial charge in [0.2, 0.25) is 11.9 Å². The summed E-state index contributed by atoms with van der Waals surface area (Å²) in [5.41, 5.74) is 7.46. The molecule has 1 amide bonds. The van der Waals surface area contributed by atoms with Crippen molar-refractivity contribution in [3.63, 3.8) is 0 Å². The van der Waals surface area contributed by atoms with Crippen LogP contribution in [0.4, 0.5) is 11.8 Å². The Balaban J connectivity index is 1.76. The molecule has 10 nitrogen and oxygen atoms in total. The fourth-order valence-electron chi connectivity index (χ4n) is 3.21. The minimum atomic E-state index is -0.658. The summed E-state index contributed by atoms with van der Waals surface area (Å²) in [5.74, 6) is 0.277. The third-order valence-electron chi connectivity index (χ3n) is 4.83. The summed E-state index contributed by atoms with van der Waals surface area (Å²) in [6, 6.07) is 9.46. The van der Waals surface area contributed by atoms with E-state index in [4.69, 9.17) is 10.5 Å². The van der Waals surface area contributed by atoms with E-state index < -0.39 is 12.0 Å². The maximum Gasteiger partial charge on any atom is 0.343 e. The summed E-state index contributed by atoms with van der Waals surface area (Å²) in [6.45, 7) is 3.81. The predicted octanol–water partition coefficient (Wildman–Crippen LogP) is 2.70. The quantitative estimate of drug-likeness (QED) is 0.351. The van der Waals surface area contributed by atoms with E-state index in [1.807, 2.05) is 25.1 Å². The molecule has 0 spiro atoms. The van der Waals surface area contributed by atoms with Gasteiger partial charge in [-0.05, 0) is 25.3 Å². The van der Waals surface area contributed by atoms with E-state index in [1.54, 1.807) is 18.5 Å². The van der Waals surface area contributed by atoms with Gasteiger partial charge in [0.25, 0.3) is 0 Å². The number of rotatable bonds is 10. The minimum absolute atomic E-state index is 0.157. The number of hydrogen-bond acceptors (Lipinski definition) is 8. The maximum atomic E-state index is 13.2. The number of nitrogens with one attached hydrogen (secondary N) is 1. The molecule has 2 heterocycles. The van der Waals surface area contributed by atoms with Crippen molar-refractivity contribution in [2.45, 2.75) is 37.9 Å². The Morgan fingerprint density at radius 2 is 1.97 bits per heavy atom. The number of nitrogens with two attached hydrogens (primary N) is 1. The highest BCUT2D eigenvalue weighted by Crippen LogP contribution is 2.27. The first kappa shape index (κ1) is 23.3. The second kappa shape index (κ2) is 10.8. The van der Waals surface area contributed by atoms with E-state index >= 15 is 0 Å². The number of anilines is 2. The zero-order valence-corrected chi connectivity index (χ0v) is 19.1. The molecule has 2 aromatic heterocycles. The van der Waals surface area contributed by atoms with Crippen molar-refractivity contribution in [2.24, 2.45) is 7.05 Å². The Hall–Kier alpha value is -3.34. The van der Waals surface area contributed by atoms with Crippen LogP contribution in [-0.4, -0.2) is 48.8 Å². The van der Waals surface area contributed by atoms with Gasteiger partial charge in [-0.25, -0.2) is 4.79 Å². The second-order valence-corrected chi connectivity index (χ2v) is 8.02. The lowest BCUT2D eigenvalue weighted by atomic mass is 10.2. The summed E-state index contributed by atoms with van der Waals surface area (Å²) >= 11 is 1.49. The third kappa shape index (κ3) is 5.28. The van der Waals surface area contributed by atoms with Crippen LogP contribution in [0.15, 0.2) is 41.7 Å². The highest BCUT2D eigenvalue weighted by atomic mass is 32.2. The lowest BCUT2D eigenvalue weighted by Crippen LogP contribution is -2.28. The molecule has 0 aliphatic rings. The largest absolute Gasteiger partial charge is 0.462 e. The molecular formula is C21H27N7O3S. The molecule has 32 heavy (non-hydrogen) atoms. The summed E-state index contributed by atoms with van der Waals surface area (Å²) in [5, 5.41) is 15.6. The molecule has 11 heteroatoms. The Bertz CT molecular complexity index is 1060. The van der Waals surface area contributed by atoms with E-state index in [2.05, 4.69) is 32.7 Å². The molecule has 0 radical (unpaired) electrons. The minimum Gasteiger partial charge on any atom is -0.462 e. The van der Waals surface area contributed by atoms with Crippen molar-refractivity contribution in [1.29, 1.82) is 0 Å². The lowest BCUT2D eigenvalue weighted by Gasteiger charge is -2.19. The topological polar surface area (TPSA) is 130 Å². The number of nitrogens with zero attached hydrogens (tertiary/aromatic N) is 5. The molecule has 3 rings (SSSR count). The maximum absolute atomic E-state index is 13.2. The summed E-state index contributed by atoms with van der Waals surface area (Å²) < 4.78 is 8.10. The van der Waals surface area contributed by atoms with E-state index in [9.17, 15) is 9.59 Å². The number of thioether (sulfide) groups is 1. The van der Waals surface area contributed by atoms with E-state index in [1.165, 1.54) is 28.2 Å². The molecule has 0 bridgehead atoms. The first-order chi connectivity index (χ1) is 15.5. The van der Waals surface area contributed by atoms with Gasteiger partial charge >= 0.3 is 5.97 Å². The molecule has 0 aliphatic heterocycles. The molecule has 1 unspecified atom stereocenters. The Labute approximate surface area is 190 Å². The molecule has 0 saturated carbocycles. The summed E-state index contributed by atoms with van der Waals surface area (Å²) in [4.78, 5) is 25.4. The number of aromatic nitrogens is 5. The van der Waals surface area contributed by atoms with Gasteiger partial charge < -0.3 is 15.8 Å². The molecule has 3 N–H and O–H groups in total. The number of carbonyl (C=O) groups excluding carboxylic acids is 2. The van der Waals surface area contributed by atoms with Crippen LogP contribution < -0.4 is 11.1 Å². The SMILES string of the molecule is CCOC(=O)c1cnn(C)c1NC(=O)C(CC)n1c(N)nnc1SCCc1ccccc1. The molecule has 0 fully saturated rings. The van der Waals surface area contributed by atoms with Crippen molar-refractivity contribution < 1.29 is 14.3 Å². The van der Waals surface area contributed by atoms with Gasteiger partial charge in [-0.2, -0.15) is 5.10 Å². The van der Waals surface area contributed by atoms with Crippen LogP contribution in [0.5, 0.6) is 0 Å². The predicted molar refractivity (Wildman–Crippen MR) is 122 cm³/mol. The average Bonchev–Trinajstić information content (AvgIpc) is 3.33. The Morgan fingerprint density at radius 1 is 1.22 bits per heavy atom. The van der Waals surface area contributed by atoms with Crippen LogP contribution in [0.1, 0.15) is 42.2 Å². The fraction of sp³-hybridized carbons (Fsp3) is 0.381. The van der Waals surface area contributed by atoms with Gasteiger partial charge in [0, 0.05) is 12.8 Å². The highest BCUT2D eigenvalue weighted by molar-refractivity contribution is 7.99. The number of aryl methyl sites for hydroxylation is 2. The molecular weight excluding hydrogens is 430 g/mol. The fourth-order valence-corrected chi connectivity index (χ4v) is 4.19. The zero-order chi connectivity index (χ0) is 23.1. The molecule has 0 saturated heterocycles. The van der Waals surface area contributed by atoms with Gasteiger partial charge in [-0.1, -0.05) is 49.0 Å². The third-order valence-corrected chi connectivity index (χ3v) is 5.78. The molecule has 170 valence electrons. The van der Waals surface area contributed by atoms with Crippen molar-refractivity contribution in [2.75, 3.05) is 23.4 Å². The van der Waals surface area contributed by atoms with E-state index in [0.717, 1.165) is 12.2 Å². The van der Waals surface area contributed by atoms with Crippen LogP contribution in [0.25, 0.3) is 0 Å². The number of hydrogen-bond donors (Lipinski definition) is 2. The first-order valence-corrected chi connectivity index (χ1v) is 11.3. The summed E-state index contributed by atoms with van der Waals surface area (Å²) in [7, 11) is 1.64. The van der Waals surface area contributed by atoms with E-state index in [-0.39, 0.29) is 29.8 Å². The van der Waals surface area contributed by atoms with Gasteiger partial charge in [0.1, 0.15) is 17.4 Å². The van der Waals surface area contributed by atoms with Crippen molar-refractivity contribution in [3.8, 4) is 0 Å². The van der Waals surface area contributed by atoms with Crippen LogP contribution in [0.2, 0.25) is 0 Å². The molecule has 1 aromatic carbocycles. The monoisotopic (exact) mass is 457 g/mol. The molecule has 1 atom stereocenters. The van der Waals surface area contributed by atoms with Crippen LogP contribution in [-0.2, 0) is 23.0 Å². The normalized spacial score (nSPS) is 11.8. The smallest absolute Gasteiger partial charge is 0.343 e. The average molecular weight is 458 g/mol. The lowest BCUT2D eigenvalue weighted by molar-refractivity contribution is -0.119. The number of nitrogen functional groups attached to an aromatic ring is 1. The number of amides is 1. The molecule has 3 aromatic rings. The van der Waals surface area contributed by atoms with Crippen LogP contribution in [0, 0.1) is 0 Å². The number of ether oxygens (including phenoxy) is 1. The van der Waals surface area contributed by atoms with Gasteiger partial charge in [0.15, 0.2) is 5.16 Å². The number of carbonyl (C=O) groups is 2. The van der Waals surface area contributed by atoms with Gasteiger partial charge in [-0.3, -0.25) is 14.0 Å². The second-order valence-electron chi connectivity index (χ2n) is 6.96. The van der Waals surface area contributed by atoms with E-state index in [0.29, 0.717) is 11.6 Å². The van der Waals surface area contributed by atoms with Crippen molar-refractivity contribution in [1.82, 2.24) is 24.5 Å². The zero-order valence-electron chi connectivity index (χ0n) is 18.3. The Morgan fingerprint density at radius 3 is 2.66 bits per heavy atom. The number of benzene rings is 1. The van der Waals surface area contributed by atoms with Gasteiger partial charge in [0.05, 0.1) is 12.8 Å². The summed E-state index contributed by atoms with van der Waals surface area (Å²) in [6.07, 6.45) is 2.67. The Kier molecular flexibility index (Phi) is 7.87. The standard InChI is InChI=1S/C21H27N7O3S/c1-4-16(18(29)24-17-15(13-23-27(17)3)19(30)31-5-2)28-20(22)25-26-21(28)32-12-11-14-9-7-6-8-10-14/h6-10,13,16H,4-5,11-12H2,1-3H3,(H2,22,25)(H,24,29). The van der Waals surface area contributed by atoms with Crippen molar-refractivity contribution in [3.05, 3.63) is 47.7 Å².